The molecule has 0 fully saturated rings. The summed E-state index contributed by atoms with van der Waals surface area (Å²) in [5.74, 6) is 0.571. The highest BCUT2D eigenvalue weighted by atomic mass is 19.1. The van der Waals surface area contributed by atoms with E-state index >= 15 is 0 Å². The summed E-state index contributed by atoms with van der Waals surface area (Å²) in [6.07, 6.45) is 2.04. The summed E-state index contributed by atoms with van der Waals surface area (Å²) >= 11 is 0. The van der Waals surface area contributed by atoms with Crippen LogP contribution in [0.4, 0.5) is 14.7 Å². The Morgan fingerprint density at radius 3 is 2.93 bits per heavy atom. The van der Waals surface area contributed by atoms with Gasteiger partial charge in [0.15, 0.2) is 0 Å². The van der Waals surface area contributed by atoms with Gasteiger partial charge < -0.3 is 14.5 Å². The lowest BCUT2D eigenvalue weighted by molar-refractivity contribution is 0.356. The molecular weight excluding hydrogens is 392 g/mol. The molecule has 152 valence electrons. The number of nitrogens with one attached hydrogen (secondary N) is 1. The number of furan rings is 1. The Morgan fingerprint density at radius 1 is 1.20 bits per heavy atom. The first-order valence-electron chi connectivity index (χ1n) is 9.43. The smallest absolute Gasteiger partial charge is 0.265 e. The number of ether oxygens (including phenoxy) is 1. The van der Waals surface area contributed by atoms with Crippen molar-refractivity contribution in [2.75, 3.05) is 11.9 Å². The summed E-state index contributed by atoms with van der Waals surface area (Å²) in [7, 11) is 1.57. The molecule has 0 aliphatic carbocycles. The highest BCUT2D eigenvalue weighted by Gasteiger charge is 2.20. The Labute approximate surface area is 169 Å². The maximum absolute atomic E-state index is 14.3. The number of halogens is 2. The highest BCUT2D eigenvalue weighted by Crippen LogP contribution is 2.31. The van der Waals surface area contributed by atoms with Gasteiger partial charge in [-0.1, -0.05) is 0 Å². The molecule has 3 heterocycles. The van der Waals surface area contributed by atoms with E-state index in [4.69, 9.17) is 9.15 Å². The molecule has 0 amide bonds. The number of rotatable bonds is 4. The maximum Gasteiger partial charge on any atom is 0.265 e. The maximum atomic E-state index is 14.3. The number of aromatic nitrogens is 2. The van der Waals surface area contributed by atoms with E-state index in [9.17, 15) is 13.6 Å². The van der Waals surface area contributed by atoms with Crippen LogP contribution in [-0.4, -0.2) is 16.2 Å². The minimum absolute atomic E-state index is 0.169. The van der Waals surface area contributed by atoms with E-state index in [1.54, 1.807) is 19.2 Å². The number of hydrogen-bond donors (Lipinski definition) is 1. The molecule has 1 N–H and O–H groups in total. The monoisotopic (exact) mass is 409 g/mol. The standard InChI is InChI=1S/C22H17F2N3O3/c1-27-21(28)16(20-9-12-8-13(23)2-4-18(12)30-20)11-26-22(27)25-10-15-14-6-7-29-19(14)5-3-17(15)24/h2-5,8-9,11H,6-7,10H2,1H3,(H,25,26). The van der Waals surface area contributed by atoms with Gasteiger partial charge in [0.25, 0.3) is 5.56 Å². The molecular formula is C22H17F2N3O3. The van der Waals surface area contributed by atoms with Gasteiger partial charge in [0.2, 0.25) is 5.95 Å². The van der Waals surface area contributed by atoms with Crippen LogP contribution in [0.3, 0.4) is 0 Å². The minimum atomic E-state index is -0.384. The van der Waals surface area contributed by atoms with Gasteiger partial charge in [-0.25, -0.2) is 13.8 Å². The van der Waals surface area contributed by atoms with Crippen molar-refractivity contribution in [3.8, 4) is 17.1 Å². The summed E-state index contributed by atoms with van der Waals surface area (Å²) in [6.45, 7) is 0.695. The molecule has 0 atom stereocenters. The highest BCUT2D eigenvalue weighted by molar-refractivity contribution is 5.82. The summed E-state index contributed by atoms with van der Waals surface area (Å²) in [4.78, 5) is 17.2. The predicted octanol–water partition coefficient (Wildman–Crippen LogP) is 4.02. The molecule has 2 aromatic carbocycles. The predicted molar refractivity (Wildman–Crippen MR) is 108 cm³/mol. The third kappa shape index (κ3) is 3.01. The Bertz CT molecular complexity index is 1340. The van der Waals surface area contributed by atoms with Crippen molar-refractivity contribution in [3.63, 3.8) is 0 Å². The zero-order valence-corrected chi connectivity index (χ0v) is 16.0. The molecule has 8 heteroatoms. The van der Waals surface area contributed by atoms with Gasteiger partial charge in [0.1, 0.15) is 34.3 Å². The second-order valence-corrected chi connectivity index (χ2v) is 7.11. The van der Waals surface area contributed by atoms with E-state index in [-0.39, 0.29) is 29.3 Å². The second-order valence-electron chi connectivity index (χ2n) is 7.11. The molecule has 5 rings (SSSR count). The molecule has 0 saturated carbocycles. The minimum Gasteiger partial charge on any atom is -0.493 e. The van der Waals surface area contributed by atoms with Crippen molar-refractivity contribution in [2.24, 2.45) is 7.05 Å². The van der Waals surface area contributed by atoms with Crippen LogP contribution in [0, 0.1) is 11.6 Å². The number of benzene rings is 2. The van der Waals surface area contributed by atoms with Crippen LogP contribution in [0.5, 0.6) is 5.75 Å². The van der Waals surface area contributed by atoms with Crippen LogP contribution in [0.2, 0.25) is 0 Å². The molecule has 0 saturated heterocycles. The average molecular weight is 409 g/mol. The zero-order chi connectivity index (χ0) is 20.8. The van der Waals surface area contributed by atoms with Gasteiger partial charge in [-0.3, -0.25) is 9.36 Å². The van der Waals surface area contributed by atoms with E-state index < -0.39 is 0 Å². The fourth-order valence-corrected chi connectivity index (χ4v) is 3.70. The molecule has 1 aliphatic heterocycles. The number of fused-ring (bicyclic) bond motifs is 2. The summed E-state index contributed by atoms with van der Waals surface area (Å²) in [6, 6.07) is 8.76. The SMILES string of the molecule is Cn1c(NCc2c(F)ccc3c2CCO3)ncc(-c2cc3cc(F)ccc3o2)c1=O. The van der Waals surface area contributed by atoms with Gasteiger partial charge in [-0.2, -0.15) is 0 Å². The van der Waals surface area contributed by atoms with E-state index in [1.165, 1.54) is 35.0 Å². The van der Waals surface area contributed by atoms with Crippen LogP contribution in [0.1, 0.15) is 11.1 Å². The Balaban J connectivity index is 1.45. The molecule has 0 unspecified atom stereocenters. The fourth-order valence-electron chi connectivity index (χ4n) is 3.70. The molecule has 0 bridgehead atoms. The Hall–Kier alpha value is -3.68. The van der Waals surface area contributed by atoms with Crippen LogP contribution >= 0.6 is 0 Å². The summed E-state index contributed by atoms with van der Waals surface area (Å²) in [5.41, 5.74) is 1.72. The van der Waals surface area contributed by atoms with E-state index in [0.29, 0.717) is 47.0 Å². The first-order chi connectivity index (χ1) is 14.5. The number of nitrogens with zero attached hydrogens (tertiary/aromatic N) is 2. The van der Waals surface area contributed by atoms with E-state index in [2.05, 4.69) is 10.3 Å². The van der Waals surface area contributed by atoms with Gasteiger partial charge in [-0.15, -0.1) is 0 Å². The van der Waals surface area contributed by atoms with Crippen LogP contribution in [-0.2, 0) is 20.0 Å². The van der Waals surface area contributed by atoms with Crippen LogP contribution < -0.4 is 15.6 Å². The van der Waals surface area contributed by atoms with Gasteiger partial charge in [0.05, 0.1) is 6.61 Å². The van der Waals surface area contributed by atoms with Crippen molar-refractivity contribution in [2.45, 2.75) is 13.0 Å². The van der Waals surface area contributed by atoms with Crippen molar-refractivity contribution >= 4 is 16.9 Å². The fraction of sp³-hybridized carbons (Fsp3) is 0.182. The molecule has 30 heavy (non-hydrogen) atoms. The molecule has 0 spiro atoms. The topological polar surface area (TPSA) is 69.3 Å². The lowest BCUT2D eigenvalue weighted by Gasteiger charge is -2.13. The lowest BCUT2D eigenvalue weighted by Crippen LogP contribution is -2.23. The third-order valence-electron chi connectivity index (χ3n) is 5.28. The third-order valence-corrected chi connectivity index (χ3v) is 5.28. The van der Waals surface area contributed by atoms with Crippen molar-refractivity contribution in [1.82, 2.24) is 9.55 Å². The molecule has 1 aliphatic rings. The van der Waals surface area contributed by atoms with Crippen molar-refractivity contribution < 1.29 is 17.9 Å². The second kappa shape index (κ2) is 6.98. The van der Waals surface area contributed by atoms with E-state index in [1.807, 2.05) is 0 Å². The first-order valence-corrected chi connectivity index (χ1v) is 9.43. The van der Waals surface area contributed by atoms with Gasteiger partial charge >= 0.3 is 0 Å². The van der Waals surface area contributed by atoms with Crippen LogP contribution in [0.25, 0.3) is 22.3 Å². The largest absolute Gasteiger partial charge is 0.493 e. The summed E-state index contributed by atoms with van der Waals surface area (Å²) in [5, 5.41) is 3.59. The first kappa shape index (κ1) is 18.4. The molecule has 4 aromatic rings. The normalized spacial score (nSPS) is 12.8. The quantitative estimate of drug-likeness (QED) is 0.551. The molecule has 0 radical (unpaired) electrons. The van der Waals surface area contributed by atoms with E-state index in [0.717, 1.165) is 5.56 Å². The average Bonchev–Trinajstić information content (AvgIpc) is 3.36. The van der Waals surface area contributed by atoms with Crippen molar-refractivity contribution in [3.05, 3.63) is 75.7 Å². The van der Waals surface area contributed by atoms with Gasteiger partial charge in [0, 0.05) is 42.7 Å². The number of hydrogen-bond acceptors (Lipinski definition) is 5. The van der Waals surface area contributed by atoms with Crippen LogP contribution in [0.15, 0.2) is 51.8 Å². The Kier molecular flexibility index (Phi) is 4.27. The van der Waals surface area contributed by atoms with Gasteiger partial charge in [-0.05, 0) is 36.4 Å². The van der Waals surface area contributed by atoms with Crippen molar-refractivity contribution in [1.29, 1.82) is 0 Å². The zero-order valence-electron chi connectivity index (χ0n) is 16.0. The molecule has 2 aromatic heterocycles. The molecule has 6 nitrogen and oxygen atoms in total. The number of anilines is 1. The Morgan fingerprint density at radius 2 is 2.07 bits per heavy atom. The summed E-state index contributed by atoms with van der Waals surface area (Å²) < 4.78 is 40.2. The lowest BCUT2D eigenvalue weighted by atomic mass is 10.0.